The molecule has 1 aliphatic rings. The van der Waals surface area contributed by atoms with Crippen LogP contribution in [0.25, 0.3) is 16.9 Å². The lowest BCUT2D eigenvalue weighted by Crippen LogP contribution is -2.34. The first-order chi connectivity index (χ1) is 13.2. The average Bonchev–Trinajstić information content (AvgIpc) is 3.35. The Morgan fingerprint density at radius 2 is 1.96 bits per heavy atom. The Morgan fingerprint density at radius 1 is 1.15 bits per heavy atom. The van der Waals surface area contributed by atoms with Gasteiger partial charge in [-0.2, -0.15) is 0 Å². The van der Waals surface area contributed by atoms with Gasteiger partial charge >= 0.3 is 0 Å². The summed E-state index contributed by atoms with van der Waals surface area (Å²) in [6.45, 7) is 3.60. The number of benzene rings is 1. The highest BCUT2D eigenvalue weighted by atomic mass is 16.2. The maximum atomic E-state index is 12.9. The first kappa shape index (κ1) is 17.3. The summed E-state index contributed by atoms with van der Waals surface area (Å²) in [5, 5.41) is 2.84. The van der Waals surface area contributed by atoms with E-state index < -0.39 is 0 Å². The Kier molecular flexibility index (Phi) is 4.62. The van der Waals surface area contributed by atoms with Crippen molar-refractivity contribution in [2.75, 3.05) is 19.6 Å². The first-order valence-corrected chi connectivity index (χ1v) is 9.27. The van der Waals surface area contributed by atoms with Crippen LogP contribution in [-0.4, -0.2) is 45.7 Å². The number of fused-ring (bicyclic) bond motifs is 1. The lowest BCUT2D eigenvalue weighted by Gasteiger charge is -2.16. The van der Waals surface area contributed by atoms with Crippen LogP contribution in [0.15, 0.2) is 54.9 Å². The van der Waals surface area contributed by atoms with Crippen molar-refractivity contribution in [3.63, 3.8) is 0 Å². The van der Waals surface area contributed by atoms with Crippen molar-refractivity contribution in [3.8, 4) is 11.3 Å². The fraction of sp³-hybridized carbons (Fsp3) is 0.286. The lowest BCUT2D eigenvalue weighted by atomic mass is 10.1. The summed E-state index contributed by atoms with van der Waals surface area (Å²) in [5.74, 6) is -0.125. The molecule has 6 heteroatoms. The molecule has 0 aliphatic carbocycles. The van der Waals surface area contributed by atoms with Gasteiger partial charge in [-0.25, -0.2) is 4.98 Å². The van der Waals surface area contributed by atoms with Gasteiger partial charge in [-0.05, 0) is 25.5 Å². The molecular formula is C21H22N4O2. The van der Waals surface area contributed by atoms with E-state index >= 15 is 0 Å². The van der Waals surface area contributed by atoms with Crippen molar-refractivity contribution in [3.05, 3.63) is 60.4 Å². The number of nitrogens with zero attached hydrogens (tertiary/aromatic N) is 3. The van der Waals surface area contributed by atoms with E-state index in [0.29, 0.717) is 31.6 Å². The molecule has 0 bridgehead atoms. The van der Waals surface area contributed by atoms with Gasteiger partial charge in [0.2, 0.25) is 5.91 Å². The van der Waals surface area contributed by atoms with Crippen LogP contribution in [0.3, 0.4) is 0 Å². The van der Waals surface area contributed by atoms with Crippen LogP contribution < -0.4 is 5.32 Å². The second-order valence-electron chi connectivity index (χ2n) is 6.81. The molecule has 0 unspecified atom stereocenters. The van der Waals surface area contributed by atoms with Crippen LogP contribution in [0, 0.1) is 5.92 Å². The maximum absolute atomic E-state index is 12.9. The minimum Gasteiger partial charge on any atom is -0.356 e. The van der Waals surface area contributed by atoms with Gasteiger partial charge < -0.3 is 14.6 Å². The van der Waals surface area contributed by atoms with E-state index in [1.807, 2.05) is 60.1 Å². The second kappa shape index (κ2) is 7.23. The van der Waals surface area contributed by atoms with E-state index in [2.05, 4.69) is 10.3 Å². The SMILES string of the molecule is CCNC(=O)[C@H]1CCN(C(=O)c2ccc3nc(-c4ccccc4)cn3c2)C1. The van der Waals surface area contributed by atoms with Crippen molar-refractivity contribution in [1.82, 2.24) is 19.6 Å². The molecule has 4 rings (SSSR count). The number of hydrogen-bond acceptors (Lipinski definition) is 3. The van der Waals surface area contributed by atoms with E-state index in [9.17, 15) is 9.59 Å². The van der Waals surface area contributed by atoms with Crippen LogP contribution >= 0.6 is 0 Å². The van der Waals surface area contributed by atoms with Crippen LogP contribution in [0.4, 0.5) is 0 Å². The average molecular weight is 362 g/mol. The van der Waals surface area contributed by atoms with Gasteiger partial charge in [-0.15, -0.1) is 0 Å². The molecule has 1 aliphatic heterocycles. The third-order valence-corrected chi connectivity index (χ3v) is 4.96. The molecule has 2 aromatic heterocycles. The van der Waals surface area contributed by atoms with E-state index in [0.717, 1.165) is 16.9 Å². The summed E-state index contributed by atoms with van der Waals surface area (Å²) in [4.78, 5) is 31.2. The Bertz CT molecular complexity index is 980. The third-order valence-electron chi connectivity index (χ3n) is 4.96. The fourth-order valence-corrected chi connectivity index (χ4v) is 3.53. The Morgan fingerprint density at radius 3 is 2.74 bits per heavy atom. The number of carbonyl (C=O) groups excluding carboxylic acids is 2. The molecular weight excluding hydrogens is 340 g/mol. The normalized spacial score (nSPS) is 16.6. The number of nitrogens with one attached hydrogen (secondary N) is 1. The second-order valence-corrected chi connectivity index (χ2v) is 6.81. The highest BCUT2D eigenvalue weighted by molar-refractivity contribution is 5.95. The van der Waals surface area contributed by atoms with E-state index in [1.54, 1.807) is 11.0 Å². The van der Waals surface area contributed by atoms with Gasteiger partial charge in [-0.1, -0.05) is 30.3 Å². The zero-order valence-electron chi connectivity index (χ0n) is 15.3. The van der Waals surface area contributed by atoms with E-state index in [-0.39, 0.29) is 17.7 Å². The summed E-state index contributed by atoms with van der Waals surface area (Å²) in [7, 11) is 0. The summed E-state index contributed by atoms with van der Waals surface area (Å²) < 4.78 is 1.88. The summed E-state index contributed by atoms with van der Waals surface area (Å²) in [5.41, 5.74) is 3.32. The third kappa shape index (κ3) is 3.43. The van der Waals surface area contributed by atoms with Gasteiger partial charge in [0.25, 0.3) is 5.91 Å². The van der Waals surface area contributed by atoms with Crippen molar-refractivity contribution in [2.45, 2.75) is 13.3 Å². The zero-order valence-corrected chi connectivity index (χ0v) is 15.3. The lowest BCUT2D eigenvalue weighted by molar-refractivity contribution is -0.124. The quantitative estimate of drug-likeness (QED) is 0.776. The minimum atomic E-state index is -0.115. The number of hydrogen-bond donors (Lipinski definition) is 1. The van der Waals surface area contributed by atoms with Gasteiger partial charge in [0.05, 0.1) is 17.2 Å². The van der Waals surface area contributed by atoms with Crippen molar-refractivity contribution in [1.29, 1.82) is 0 Å². The molecule has 3 heterocycles. The predicted octanol–water partition coefficient (Wildman–Crippen LogP) is 2.60. The molecule has 1 fully saturated rings. The molecule has 3 aromatic rings. The number of likely N-dealkylation sites (tertiary alicyclic amines) is 1. The fourth-order valence-electron chi connectivity index (χ4n) is 3.53. The number of pyridine rings is 1. The van der Waals surface area contributed by atoms with E-state index in [4.69, 9.17) is 0 Å². The molecule has 2 amide bonds. The van der Waals surface area contributed by atoms with Gasteiger partial charge in [0.15, 0.2) is 0 Å². The molecule has 27 heavy (non-hydrogen) atoms. The van der Waals surface area contributed by atoms with E-state index in [1.165, 1.54) is 0 Å². The predicted molar refractivity (Wildman–Crippen MR) is 103 cm³/mol. The monoisotopic (exact) mass is 362 g/mol. The van der Waals surface area contributed by atoms with Gasteiger partial charge in [0, 0.05) is 37.6 Å². The number of imidazole rings is 1. The van der Waals surface area contributed by atoms with Crippen LogP contribution in [-0.2, 0) is 4.79 Å². The van der Waals surface area contributed by atoms with Gasteiger partial charge in [0.1, 0.15) is 5.65 Å². The number of amides is 2. The molecule has 138 valence electrons. The highest BCUT2D eigenvalue weighted by Crippen LogP contribution is 2.21. The number of carbonyl (C=O) groups is 2. The minimum absolute atomic E-state index is 0.0327. The molecule has 1 saturated heterocycles. The molecule has 1 N–H and O–H groups in total. The first-order valence-electron chi connectivity index (χ1n) is 9.27. The summed E-state index contributed by atoms with van der Waals surface area (Å²) in [6.07, 6.45) is 4.46. The molecule has 0 radical (unpaired) electrons. The summed E-state index contributed by atoms with van der Waals surface area (Å²) in [6, 6.07) is 13.6. The van der Waals surface area contributed by atoms with Crippen LogP contribution in [0.5, 0.6) is 0 Å². The maximum Gasteiger partial charge on any atom is 0.255 e. The molecule has 6 nitrogen and oxygen atoms in total. The Balaban J connectivity index is 1.54. The van der Waals surface area contributed by atoms with Crippen molar-refractivity contribution < 1.29 is 9.59 Å². The summed E-state index contributed by atoms with van der Waals surface area (Å²) >= 11 is 0. The van der Waals surface area contributed by atoms with Crippen LogP contribution in [0.2, 0.25) is 0 Å². The Hall–Kier alpha value is -3.15. The zero-order chi connectivity index (χ0) is 18.8. The molecule has 0 spiro atoms. The van der Waals surface area contributed by atoms with Gasteiger partial charge in [-0.3, -0.25) is 9.59 Å². The molecule has 1 aromatic carbocycles. The Labute approximate surface area is 157 Å². The molecule has 1 atom stereocenters. The smallest absolute Gasteiger partial charge is 0.255 e. The standard InChI is InChI=1S/C21H22N4O2/c1-2-22-20(26)16-10-11-24(12-16)21(27)17-8-9-19-23-18(14-25(19)13-17)15-6-4-3-5-7-15/h3-9,13-14,16H,2,10-12H2,1H3,(H,22,26)/t16-/m0/s1. The number of rotatable bonds is 4. The van der Waals surface area contributed by atoms with Crippen LogP contribution in [0.1, 0.15) is 23.7 Å². The number of aromatic nitrogens is 2. The topological polar surface area (TPSA) is 66.7 Å². The van der Waals surface area contributed by atoms with Crippen molar-refractivity contribution in [2.24, 2.45) is 5.92 Å². The molecule has 0 saturated carbocycles. The largest absolute Gasteiger partial charge is 0.356 e. The highest BCUT2D eigenvalue weighted by Gasteiger charge is 2.31. The van der Waals surface area contributed by atoms with Crippen molar-refractivity contribution >= 4 is 17.5 Å².